The highest BCUT2D eigenvalue weighted by atomic mass is 32.2. The molecule has 96 valence electrons. The van der Waals surface area contributed by atoms with Gasteiger partial charge < -0.3 is 10.1 Å². The Labute approximate surface area is 105 Å². The van der Waals surface area contributed by atoms with Gasteiger partial charge in [-0.2, -0.15) is 11.8 Å². The van der Waals surface area contributed by atoms with Gasteiger partial charge in [0.2, 0.25) is 0 Å². The second-order valence-corrected chi connectivity index (χ2v) is 6.31. The second-order valence-electron chi connectivity index (χ2n) is 5.16. The fraction of sp³-hybridized carbons (Fsp3) is 1.00. The van der Waals surface area contributed by atoms with Gasteiger partial charge in [0.05, 0.1) is 0 Å². The lowest BCUT2D eigenvalue weighted by Gasteiger charge is -2.28. The number of nitrogens with one attached hydrogen (secondary N) is 1. The molecule has 2 nitrogen and oxygen atoms in total. The summed E-state index contributed by atoms with van der Waals surface area (Å²) in [4.78, 5) is 0. The van der Waals surface area contributed by atoms with Crippen molar-refractivity contribution in [3.8, 4) is 0 Å². The van der Waals surface area contributed by atoms with Crippen molar-refractivity contribution in [2.24, 2.45) is 11.8 Å². The number of hydrogen-bond acceptors (Lipinski definition) is 3. The summed E-state index contributed by atoms with van der Waals surface area (Å²) in [6, 6.07) is 0.656. The Morgan fingerprint density at radius 3 is 2.56 bits per heavy atom. The van der Waals surface area contributed by atoms with Crippen LogP contribution in [0.4, 0.5) is 0 Å². The van der Waals surface area contributed by atoms with E-state index in [4.69, 9.17) is 4.74 Å². The van der Waals surface area contributed by atoms with Gasteiger partial charge in [-0.1, -0.05) is 13.8 Å². The minimum atomic E-state index is 0.656. The molecule has 0 radical (unpaired) electrons. The molecular weight excluding hydrogens is 218 g/mol. The maximum Gasteiger partial charge on any atom is 0.0469 e. The van der Waals surface area contributed by atoms with Crippen LogP contribution >= 0.6 is 11.8 Å². The zero-order chi connectivity index (χ0) is 11.8. The van der Waals surface area contributed by atoms with Crippen LogP contribution in [0.1, 0.15) is 33.6 Å². The molecule has 1 unspecified atom stereocenters. The van der Waals surface area contributed by atoms with Gasteiger partial charge in [-0.05, 0) is 37.4 Å². The minimum Gasteiger partial charge on any atom is -0.381 e. The molecule has 0 bridgehead atoms. The molecule has 3 heteroatoms. The van der Waals surface area contributed by atoms with E-state index in [0.717, 1.165) is 31.6 Å². The summed E-state index contributed by atoms with van der Waals surface area (Å²) >= 11 is 2.06. The third-order valence-corrected chi connectivity index (χ3v) is 4.53. The predicted molar refractivity (Wildman–Crippen MR) is 73.2 cm³/mol. The summed E-state index contributed by atoms with van der Waals surface area (Å²) in [7, 11) is 0. The average Bonchev–Trinajstić information content (AvgIpc) is 2.29. The lowest BCUT2D eigenvalue weighted by atomic mass is 9.93. The molecule has 0 aromatic rings. The molecule has 1 aliphatic rings. The highest BCUT2D eigenvalue weighted by Crippen LogP contribution is 2.18. The lowest BCUT2D eigenvalue weighted by molar-refractivity contribution is 0.0562. The van der Waals surface area contributed by atoms with Crippen LogP contribution in [0, 0.1) is 11.8 Å². The van der Waals surface area contributed by atoms with E-state index in [1.807, 2.05) is 0 Å². The summed E-state index contributed by atoms with van der Waals surface area (Å²) < 4.78 is 5.39. The highest BCUT2D eigenvalue weighted by molar-refractivity contribution is 7.99. The Bertz CT molecular complexity index is 169. The van der Waals surface area contributed by atoms with Crippen molar-refractivity contribution in [3.05, 3.63) is 0 Å². The molecule has 1 saturated heterocycles. The summed E-state index contributed by atoms with van der Waals surface area (Å²) in [6.07, 6.45) is 2.46. The van der Waals surface area contributed by atoms with Gasteiger partial charge >= 0.3 is 0 Å². The lowest BCUT2D eigenvalue weighted by Crippen LogP contribution is -2.37. The monoisotopic (exact) mass is 245 g/mol. The van der Waals surface area contributed by atoms with E-state index < -0.39 is 0 Å². The van der Waals surface area contributed by atoms with Gasteiger partial charge in [-0.25, -0.2) is 0 Å². The topological polar surface area (TPSA) is 21.3 Å². The molecular formula is C13H27NOS. The normalized spacial score (nSPS) is 20.2. The molecule has 0 saturated carbocycles. The summed E-state index contributed by atoms with van der Waals surface area (Å²) in [6.45, 7) is 9.95. The van der Waals surface area contributed by atoms with Crippen LogP contribution in [0.15, 0.2) is 0 Å². The van der Waals surface area contributed by atoms with Crippen LogP contribution in [0.25, 0.3) is 0 Å². The average molecular weight is 245 g/mol. The van der Waals surface area contributed by atoms with Gasteiger partial charge in [0.1, 0.15) is 0 Å². The molecule has 1 heterocycles. The Hall–Kier alpha value is 0.270. The van der Waals surface area contributed by atoms with Crippen LogP contribution < -0.4 is 5.32 Å². The van der Waals surface area contributed by atoms with E-state index in [0.29, 0.717) is 6.04 Å². The zero-order valence-corrected chi connectivity index (χ0v) is 11.8. The SMILES string of the molecule is CC(C)CSCCNC(C)C1CCOCC1. The van der Waals surface area contributed by atoms with E-state index in [1.165, 1.54) is 24.3 Å². The summed E-state index contributed by atoms with van der Waals surface area (Å²) in [5.41, 5.74) is 0. The maximum absolute atomic E-state index is 5.39. The first-order chi connectivity index (χ1) is 7.70. The molecule has 0 amide bonds. The zero-order valence-electron chi connectivity index (χ0n) is 11.0. The molecule has 1 N–H and O–H groups in total. The molecule has 1 atom stereocenters. The molecule has 0 spiro atoms. The first-order valence-corrected chi connectivity index (χ1v) is 7.74. The molecule has 0 aromatic heterocycles. The van der Waals surface area contributed by atoms with Gasteiger partial charge in [-0.3, -0.25) is 0 Å². The quantitative estimate of drug-likeness (QED) is 0.697. The van der Waals surface area contributed by atoms with Crippen LogP contribution in [0.2, 0.25) is 0 Å². The third kappa shape index (κ3) is 6.12. The Morgan fingerprint density at radius 2 is 1.94 bits per heavy atom. The van der Waals surface area contributed by atoms with Gasteiger partial charge in [0, 0.05) is 31.6 Å². The van der Waals surface area contributed by atoms with E-state index in [2.05, 4.69) is 37.8 Å². The molecule has 1 rings (SSSR count). The van der Waals surface area contributed by atoms with Gasteiger partial charge in [0.15, 0.2) is 0 Å². The largest absolute Gasteiger partial charge is 0.381 e. The Morgan fingerprint density at radius 1 is 1.25 bits per heavy atom. The fourth-order valence-corrected chi connectivity index (χ4v) is 2.96. The van der Waals surface area contributed by atoms with Crippen molar-refractivity contribution in [1.29, 1.82) is 0 Å². The van der Waals surface area contributed by atoms with Crippen LogP contribution in [-0.2, 0) is 4.74 Å². The highest BCUT2D eigenvalue weighted by Gasteiger charge is 2.19. The van der Waals surface area contributed by atoms with Crippen molar-refractivity contribution in [3.63, 3.8) is 0 Å². The number of rotatable bonds is 7. The Kier molecular flexibility index (Phi) is 7.50. The molecule has 1 aliphatic heterocycles. The van der Waals surface area contributed by atoms with E-state index >= 15 is 0 Å². The predicted octanol–water partition coefficient (Wildman–Crippen LogP) is 2.78. The van der Waals surface area contributed by atoms with Gasteiger partial charge in [0.25, 0.3) is 0 Å². The van der Waals surface area contributed by atoms with E-state index in [-0.39, 0.29) is 0 Å². The molecule has 16 heavy (non-hydrogen) atoms. The minimum absolute atomic E-state index is 0.656. The molecule has 0 aromatic carbocycles. The first-order valence-electron chi connectivity index (χ1n) is 6.59. The number of ether oxygens (including phenoxy) is 1. The summed E-state index contributed by atoms with van der Waals surface area (Å²) in [5.74, 6) is 4.17. The van der Waals surface area contributed by atoms with Crippen LogP contribution in [0.3, 0.4) is 0 Å². The standard InChI is InChI=1S/C13H27NOS/c1-11(2)10-16-9-6-14-12(3)13-4-7-15-8-5-13/h11-14H,4-10H2,1-3H3. The van der Waals surface area contributed by atoms with E-state index in [9.17, 15) is 0 Å². The van der Waals surface area contributed by atoms with E-state index in [1.54, 1.807) is 0 Å². The van der Waals surface area contributed by atoms with Crippen molar-refractivity contribution < 1.29 is 4.74 Å². The number of thioether (sulfide) groups is 1. The fourth-order valence-electron chi connectivity index (χ4n) is 2.06. The van der Waals surface area contributed by atoms with Crippen molar-refractivity contribution in [2.75, 3.05) is 31.3 Å². The molecule has 0 aliphatic carbocycles. The van der Waals surface area contributed by atoms with Crippen LogP contribution in [-0.4, -0.2) is 37.3 Å². The number of hydrogen-bond donors (Lipinski definition) is 1. The second kappa shape index (κ2) is 8.37. The van der Waals surface area contributed by atoms with Crippen molar-refractivity contribution in [2.45, 2.75) is 39.7 Å². The first kappa shape index (κ1) is 14.3. The van der Waals surface area contributed by atoms with Crippen LogP contribution in [0.5, 0.6) is 0 Å². The Balaban J connectivity index is 1.98. The molecule has 1 fully saturated rings. The maximum atomic E-state index is 5.39. The smallest absolute Gasteiger partial charge is 0.0469 e. The van der Waals surface area contributed by atoms with Gasteiger partial charge in [-0.15, -0.1) is 0 Å². The summed E-state index contributed by atoms with van der Waals surface area (Å²) in [5, 5.41) is 3.65. The van der Waals surface area contributed by atoms with Crippen molar-refractivity contribution >= 4 is 11.8 Å². The third-order valence-electron chi connectivity index (χ3n) is 3.14. The van der Waals surface area contributed by atoms with Crippen molar-refractivity contribution in [1.82, 2.24) is 5.32 Å².